The van der Waals surface area contributed by atoms with E-state index in [0.717, 1.165) is 46.1 Å². The second-order valence-corrected chi connectivity index (χ2v) is 16.7. The maximum atomic E-state index is 8.72. The van der Waals surface area contributed by atoms with Crippen molar-refractivity contribution >= 4 is 51.7 Å². The van der Waals surface area contributed by atoms with Gasteiger partial charge in [0.25, 0.3) is 0 Å². The minimum absolute atomic E-state index is 0. The average molecular weight is 893 g/mol. The average Bonchev–Trinajstić information content (AvgIpc) is 3.74. The summed E-state index contributed by atoms with van der Waals surface area (Å²) in [5.41, 5.74) is 10.3. The second-order valence-electron chi connectivity index (χ2n) is 14.9. The van der Waals surface area contributed by atoms with Crippen molar-refractivity contribution in [2.45, 2.75) is 50.4 Å². The smallest absolute Gasteiger partial charge is 0.491 e. The third-order valence-corrected chi connectivity index (χ3v) is 12.3. The number of hydrogen-bond acceptors (Lipinski definition) is 5. The van der Waals surface area contributed by atoms with Gasteiger partial charge in [0.2, 0.25) is 0 Å². The molecule has 2 fully saturated rings. The number of aryl methyl sites for hydroxylation is 4. The van der Waals surface area contributed by atoms with Gasteiger partial charge in [0, 0.05) is 75.7 Å². The van der Waals surface area contributed by atoms with Crippen LogP contribution in [0.25, 0.3) is 11.1 Å². The maximum absolute atomic E-state index is 8.72. The van der Waals surface area contributed by atoms with Crippen LogP contribution in [0, 0.1) is 13.8 Å². The Kier molecular flexibility index (Phi) is 15.7. The van der Waals surface area contributed by atoms with Crippen molar-refractivity contribution in [1.29, 1.82) is 0 Å². The molecule has 0 bridgehead atoms. The van der Waals surface area contributed by atoms with Crippen LogP contribution in [0.2, 0.25) is 10.0 Å². The minimum atomic E-state index is -1.41. The molecule has 5 N–H and O–H groups in total. The molecule has 2 aliphatic heterocycles. The first-order valence-electron chi connectivity index (χ1n) is 19.2. The third-order valence-electron chi connectivity index (χ3n) is 11.3. The number of quaternary nitrogens is 1. The molecule has 4 aromatic carbocycles. The summed E-state index contributed by atoms with van der Waals surface area (Å²) < 4.78 is 4.56. The van der Waals surface area contributed by atoms with Crippen molar-refractivity contribution in [2.75, 3.05) is 26.2 Å². The van der Waals surface area contributed by atoms with Gasteiger partial charge in [0.15, 0.2) is 0 Å². The molecule has 4 heterocycles. The predicted octanol–water partition coefficient (Wildman–Crippen LogP) is 3.88. The van der Waals surface area contributed by atoms with Crippen molar-refractivity contribution in [3.63, 3.8) is 0 Å². The number of nitrogens with zero attached hydrogens (tertiary/aromatic N) is 4. The van der Waals surface area contributed by atoms with Crippen molar-refractivity contribution < 1.29 is 27.8 Å². The van der Waals surface area contributed by atoms with Crippen molar-refractivity contribution in [2.24, 2.45) is 14.1 Å². The summed E-state index contributed by atoms with van der Waals surface area (Å²) in [7, 11) is 2.29. The van der Waals surface area contributed by atoms with Crippen LogP contribution < -0.4 is 28.5 Å². The molecular weight excluding hydrogens is 842 g/mol. The van der Waals surface area contributed by atoms with Crippen LogP contribution in [0.5, 0.6) is 0 Å². The normalized spacial score (nSPS) is 15.6. The van der Waals surface area contributed by atoms with Gasteiger partial charge in [-0.3, -0.25) is 9.36 Å². The predicted molar refractivity (Wildman–Crippen MR) is 233 cm³/mol. The fourth-order valence-electron chi connectivity index (χ4n) is 8.34. The summed E-state index contributed by atoms with van der Waals surface area (Å²) >= 11 is 15.7. The molecule has 6 aromatic rings. The van der Waals surface area contributed by atoms with E-state index in [4.69, 9.17) is 33.2 Å². The molecule has 0 spiro atoms. The van der Waals surface area contributed by atoms with Gasteiger partial charge >= 0.3 is 7.12 Å². The number of benzene rings is 4. The van der Waals surface area contributed by atoms with E-state index >= 15 is 0 Å². The van der Waals surface area contributed by atoms with Crippen LogP contribution in [-0.2, 0) is 24.9 Å². The van der Waals surface area contributed by atoms with Crippen LogP contribution in [0.4, 0.5) is 0 Å². The summed E-state index contributed by atoms with van der Waals surface area (Å²) in [6.45, 7) is 8.22. The molecule has 0 amide bonds. The Bertz CT molecular complexity index is 2120. The zero-order chi connectivity index (χ0) is 39.9. The molecular formula is C44H51BBrCl3N6O2. The molecule has 0 radical (unpaired) electrons. The van der Waals surface area contributed by atoms with Gasteiger partial charge in [-0.05, 0) is 104 Å². The Morgan fingerprint density at radius 1 is 0.649 bits per heavy atom. The molecule has 300 valence electrons. The van der Waals surface area contributed by atoms with E-state index in [-0.39, 0.29) is 23.2 Å². The number of halogens is 4. The molecule has 8 nitrogen and oxygen atoms in total. The summed E-state index contributed by atoms with van der Waals surface area (Å²) in [4.78, 5) is 0. The first-order chi connectivity index (χ1) is 26.9. The van der Waals surface area contributed by atoms with Gasteiger partial charge in [-0.25, -0.2) is 0 Å². The molecule has 57 heavy (non-hydrogen) atoms. The van der Waals surface area contributed by atoms with Crippen LogP contribution in [0.3, 0.4) is 0 Å². The van der Waals surface area contributed by atoms with Gasteiger partial charge in [-0.15, -0.1) is 0 Å². The summed E-state index contributed by atoms with van der Waals surface area (Å²) in [5.74, 6) is 0. The first-order valence-corrected chi connectivity index (χ1v) is 20.7. The highest BCUT2D eigenvalue weighted by atomic mass is 79.9. The summed E-state index contributed by atoms with van der Waals surface area (Å²) in [6.07, 6.45) is 8.22. The molecule has 0 aliphatic carbocycles. The van der Waals surface area contributed by atoms with Crippen LogP contribution in [-0.4, -0.2) is 62.9 Å². The highest BCUT2D eigenvalue weighted by Gasteiger charge is 2.38. The number of hydrogen-bond donors (Lipinski definition) is 4. The molecule has 2 aromatic heterocycles. The van der Waals surface area contributed by atoms with Crippen molar-refractivity contribution in [3.8, 4) is 11.1 Å². The number of nitrogens with one attached hydrogen (secondary N) is 1. The Morgan fingerprint density at radius 2 is 1.07 bits per heavy atom. The van der Waals surface area contributed by atoms with Gasteiger partial charge < -0.3 is 33.1 Å². The molecule has 8 rings (SSSR count). The Labute approximate surface area is 361 Å². The first kappa shape index (κ1) is 44.7. The van der Waals surface area contributed by atoms with Crippen molar-refractivity contribution in [1.82, 2.24) is 24.9 Å². The molecule has 0 unspecified atom stereocenters. The number of nitrogens with two attached hydrogens (primary N) is 1. The van der Waals surface area contributed by atoms with Gasteiger partial charge in [0.1, 0.15) is 0 Å². The SMILES string of the molecule is Cc1nn(C)cc1-c1ccc(C2(c3ccc(Cl)cc3)CCNCC2)cc1.Cc1nn(C)cc1B(O)O.Clc1ccc(C2(c3ccc(Br)cc3)CC[NH2+]CC2)cc1.[Cl-]. The van der Waals surface area contributed by atoms with Crippen LogP contribution in [0.1, 0.15) is 59.3 Å². The highest BCUT2D eigenvalue weighted by molar-refractivity contribution is 9.10. The lowest BCUT2D eigenvalue weighted by Crippen LogP contribution is -3.00. The lowest BCUT2D eigenvalue weighted by atomic mass is 9.68. The maximum Gasteiger partial charge on any atom is 0.491 e. The highest BCUT2D eigenvalue weighted by Crippen LogP contribution is 2.42. The fraction of sp³-hybridized carbons (Fsp3) is 0.318. The lowest BCUT2D eigenvalue weighted by Gasteiger charge is -2.39. The number of piperidine rings is 2. The molecule has 13 heteroatoms. The fourth-order valence-corrected chi connectivity index (χ4v) is 8.85. The summed E-state index contributed by atoms with van der Waals surface area (Å²) in [5, 5.41) is 33.3. The van der Waals surface area contributed by atoms with Gasteiger partial charge in [0.05, 0.1) is 24.5 Å². The van der Waals surface area contributed by atoms with Crippen molar-refractivity contribution in [3.05, 3.63) is 158 Å². The van der Waals surface area contributed by atoms with E-state index < -0.39 is 7.12 Å². The second kappa shape index (κ2) is 20.0. The standard InChI is InChI=1S/C22H24ClN3.C17H17BrClN.C5H9BN2O2.ClH/c1-16-21(15-26(2)25-16)17-3-5-18(6-4-17)22(11-13-24-14-12-22)19-7-9-20(23)10-8-19;18-15-5-1-13(2-6-15)17(9-11-20-12-10-17)14-3-7-16(19)8-4-14;1-4-5(6(9)10)3-8(2)7-4;/h3-10,15,24H,11-14H2,1-2H3;1-8,20H,9-12H2;3,9-10H,1-2H3;1H. The Balaban J connectivity index is 0.000000177. The number of aromatic nitrogens is 4. The Morgan fingerprint density at radius 3 is 1.47 bits per heavy atom. The van der Waals surface area contributed by atoms with Crippen LogP contribution >= 0.6 is 39.1 Å². The van der Waals surface area contributed by atoms with E-state index in [1.165, 1.54) is 59.3 Å². The van der Waals surface area contributed by atoms with E-state index in [1.807, 2.05) is 36.0 Å². The lowest BCUT2D eigenvalue weighted by molar-refractivity contribution is -0.665. The van der Waals surface area contributed by atoms with E-state index in [1.54, 1.807) is 24.9 Å². The topological polar surface area (TPSA) is 105 Å². The molecule has 0 atom stereocenters. The summed E-state index contributed by atoms with van der Waals surface area (Å²) in [6, 6.07) is 34.6. The zero-order valence-corrected chi connectivity index (χ0v) is 36.8. The number of rotatable bonds is 6. The van der Waals surface area contributed by atoms with Gasteiger partial charge in [-0.2, -0.15) is 10.2 Å². The van der Waals surface area contributed by atoms with E-state index in [9.17, 15) is 0 Å². The third kappa shape index (κ3) is 10.6. The molecule has 2 saturated heterocycles. The Hall–Kier alpha value is -3.45. The molecule has 0 saturated carbocycles. The van der Waals surface area contributed by atoms with Crippen LogP contribution in [0.15, 0.2) is 114 Å². The minimum Gasteiger partial charge on any atom is -1.00 e. The monoisotopic (exact) mass is 890 g/mol. The largest absolute Gasteiger partial charge is 1.00 e. The quantitative estimate of drug-likeness (QED) is 0.191. The zero-order valence-electron chi connectivity index (χ0n) is 32.9. The molecule has 2 aliphatic rings. The van der Waals surface area contributed by atoms with E-state index in [2.05, 4.69) is 123 Å². The van der Waals surface area contributed by atoms with E-state index in [0.29, 0.717) is 11.2 Å². The van der Waals surface area contributed by atoms with Gasteiger partial charge in [-0.1, -0.05) is 99.8 Å².